The molecule has 0 aliphatic heterocycles. The number of ether oxygens (including phenoxy) is 1. The minimum Gasteiger partial charge on any atom is -0.467 e. The molecular weight excluding hydrogens is 282 g/mol. The van der Waals surface area contributed by atoms with E-state index >= 15 is 0 Å². The molecule has 0 saturated heterocycles. The van der Waals surface area contributed by atoms with Crippen molar-refractivity contribution < 1.29 is 18.7 Å². The van der Waals surface area contributed by atoms with Gasteiger partial charge in [0.25, 0.3) is 5.91 Å². The summed E-state index contributed by atoms with van der Waals surface area (Å²) in [5, 5.41) is 0. The number of hydrogen-bond acceptors (Lipinski definition) is 4. The highest BCUT2D eigenvalue weighted by molar-refractivity contribution is 5.94. The summed E-state index contributed by atoms with van der Waals surface area (Å²) in [6, 6.07) is 12.5. The average Bonchev–Trinajstić information content (AvgIpc) is 3.05. The standard InChI is InChI=1S/C17H19NO4/c1-2-21-16(19)10-11-18(13-15-9-6-12-22-15)17(20)14-7-4-3-5-8-14/h3-9,12H,2,10-11,13H2,1H3. The molecule has 1 aromatic carbocycles. The molecule has 0 radical (unpaired) electrons. The fraction of sp³-hybridized carbons (Fsp3) is 0.294. The first-order chi connectivity index (χ1) is 10.7. The van der Waals surface area contributed by atoms with E-state index in [2.05, 4.69) is 0 Å². The van der Waals surface area contributed by atoms with Crippen molar-refractivity contribution in [3.05, 3.63) is 60.1 Å². The fourth-order valence-corrected chi connectivity index (χ4v) is 2.07. The maximum absolute atomic E-state index is 12.6. The third-order valence-corrected chi connectivity index (χ3v) is 3.13. The molecule has 0 bridgehead atoms. The molecule has 5 nitrogen and oxygen atoms in total. The second kappa shape index (κ2) is 8.02. The topological polar surface area (TPSA) is 59.8 Å². The van der Waals surface area contributed by atoms with Crippen LogP contribution in [0.5, 0.6) is 0 Å². The Morgan fingerprint density at radius 1 is 1.14 bits per heavy atom. The number of benzene rings is 1. The Morgan fingerprint density at radius 2 is 1.91 bits per heavy atom. The Balaban J connectivity index is 2.07. The maximum Gasteiger partial charge on any atom is 0.307 e. The number of amides is 1. The summed E-state index contributed by atoms with van der Waals surface area (Å²) in [7, 11) is 0. The molecule has 0 N–H and O–H groups in total. The van der Waals surface area contributed by atoms with Crippen molar-refractivity contribution in [3.8, 4) is 0 Å². The lowest BCUT2D eigenvalue weighted by molar-refractivity contribution is -0.143. The van der Waals surface area contributed by atoms with Crippen molar-refractivity contribution in [2.24, 2.45) is 0 Å². The molecular formula is C17H19NO4. The van der Waals surface area contributed by atoms with Gasteiger partial charge in [0, 0.05) is 12.1 Å². The molecule has 1 aromatic heterocycles. The average molecular weight is 301 g/mol. The second-order valence-electron chi connectivity index (χ2n) is 4.73. The molecule has 1 amide bonds. The predicted molar refractivity (Wildman–Crippen MR) is 81.1 cm³/mol. The van der Waals surface area contributed by atoms with Crippen LogP contribution in [-0.2, 0) is 16.1 Å². The van der Waals surface area contributed by atoms with Crippen LogP contribution in [0.3, 0.4) is 0 Å². The normalized spacial score (nSPS) is 10.2. The van der Waals surface area contributed by atoms with Crippen molar-refractivity contribution >= 4 is 11.9 Å². The van der Waals surface area contributed by atoms with E-state index in [1.165, 1.54) is 0 Å². The van der Waals surface area contributed by atoms with E-state index < -0.39 is 0 Å². The van der Waals surface area contributed by atoms with Gasteiger partial charge in [0.15, 0.2) is 0 Å². The molecule has 0 aliphatic carbocycles. The predicted octanol–water partition coefficient (Wildman–Crippen LogP) is 2.88. The van der Waals surface area contributed by atoms with E-state index in [-0.39, 0.29) is 24.8 Å². The van der Waals surface area contributed by atoms with Crippen LogP contribution in [0.1, 0.15) is 29.5 Å². The van der Waals surface area contributed by atoms with Gasteiger partial charge < -0.3 is 14.1 Å². The van der Waals surface area contributed by atoms with Crippen LogP contribution in [0.2, 0.25) is 0 Å². The van der Waals surface area contributed by atoms with Crippen molar-refractivity contribution in [3.63, 3.8) is 0 Å². The van der Waals surface area contributed by atoms with Crippen molar-refractivity contribution in [2.45, 2.75) is 19.9 Å². The number of hydrogen-bond donors (Lipinski definition) is 0. The smallest absolute Gasteiger partial charge is 0.307 e. The van der Waals surface area contributed by atoms with Crippen LogP contribution in [0.25, 0.3) is 0 Å². The van der Waals surface area contributed by atoms with Gasteiger partial charge in [0.1, 0.15) is 5.76 Å². The number of nitrogens with zero attached hydrogens (tertiary/aromatic N) is 1. The van der Waals surface area contributed by atoms with E-state index in [4.69, 9.17) is 9.15 Å². The highest BCUT2D eigenvalue weighted by Gasteiger charge is 2.18. The summed E-state index contributed by atoms with van der Waals surface area (Å²) in [5.74, 6) is 0.224. The van der Waals surface area contributed by atoms with Gasteiger partial charge in [-0.3, -0.25) is 9.59 Å². The van der Waals surface area contributed by atoms with Crippen LogP contribution < -0.4 is 0 Å². The lowest BCUT2D eigenvalue weighted by Gasteiger charge is -2.21. The first-order valence-corrected chi connectivity index (χ1v) is 7.23. The minimum atomic E-state index is -0.312. The van der Waals surface area contributed by atoms with Crippen molar-refractivity contribution in [2.75, 3.05) is 13.2 Å². The molecule has 0 unspecified atom stereocenters. The first-order valence-electron chi connectivity index (χ1n) is 7.23. The summed E-state index contributed by atoms with van der Waals surface area (Å²) in [5.41, 5.74) is 0.581. The molecule has 0 aliphatic rings. The number of esters is 1. The van der Waals surface area contributed by atoms with E-state index in [1.54, 1.807) is 42.4 Å². The summed E-state index contributed by atoms with van der Waals surface area (Å²) >= 11 is 0. The Labute approximate surface area is 129 Å². The molecule has 1 heterocycles. The highest BCUT2D eigenvalue weighted by Crippen LogP contribution is 2.11. The molecule has 2 rings (SSSR count). The van der Waals surface area contributed by atoms with Gasteiger partial charge in [-0.25, -0.2) is 0 Å². The zero-order valence-electron chi connectivity index (χ0n) is 12.5. The monoisotopic (exact) mass is 301 g/mol. The SMILES string of the molecule is CCOC(=O)CCN(Cc1ccco1)C(=O)c1ccccc1. The molecule has 5 heteroatoms. The van der Waals surface area contributed by atoms with E-state index in [1.807, 2.05) is 18.2 Å². The molecule has 0 fully saturated rings. The van der Waals surface area contributed by atoms with Crippen molar-refractivity contribution in [1.29, 1.82) is 0 Å². The number of carbonyl (C=O) groups excluding carboxylic acids is 2. The van der Waals surface area contributed by atoms with E-state index in [9.17, 15) is 9.59 Å². The molecule has 0 atom stereocenters. The quantitative estimate of drug-likeness (QED) is 0.738. The van der Waals surface area contributed by atoms with Crippen LogP contribution in [0, 0.1) is 0 Å². The Bertz CT molecular complexity index is 592. The van der Waals surface area contributed by atoms with Crippen LogP contribution in [0.4, 0.5) is 0 Å². The first kappa shape index (κ1) is 15.8. The Hall–Kier alpha value is -2.56. The van der Waals surface area contributed by atoms with Gasteiger partial charge in [0.2, 0.25) is 0 Å². The zero-order valence-corrected chi connectivity index (χ0v) is 12.5. The fourth-order valence-electron chi connectivity index (χ4n) is 2.07. The summed E-state index contributed by atoms with van der Waals surface area (Å²) in [6.45, 7) is 2.70. The lowest BCUT2D eigenvalue weighted by atomic mass is 10.2. The molecule has 22 heavy (non-hydrogen) atoms. The largest absolute Gasteiger partial charge is 0.467 e. The number of carbonyl (C=O) groups is 2. The van der Waals surface area contributed by atoms with E-state index in [0.717, 1.165) is 0 Å². The molecule has 0 spiro atoms. The summed E-state index contributed by atoms with van der Waals surface area (Å²) < 4.78 is 10.2. The third kappa shape index (κ3) is 4.48. The van der Waals surface area contributed by atoms with Crippen molar-refractivity contribution in [1.82, 2.24) is 4.90 Å². The second-order valence-corrected chi connectivity index (χ2v) is 4.73. The Kier molecular flexibility index (Phi) is 5.77. The third-order valence-electron chi connectivity index (χ3n) is 3.13. The summed E-state index contributed by atoms with van der Waals surface area (Å²) in [6.07, 6.45) is 1.72. The van der Waals surface area contributed by atoms with Crippen LogP contribution in [-0.4, -0.2) is 29.9 Å². The maximum atomic E-state index is 12.6. The zero-order chi connectivity index (χ0) is 15.8. The molecule has 2 aromatic rings. The van der Waals surface area contributed by atoms with Gasteiger partial charge >= 0.3 is 5.97 Å². The molecule has 116 valence electrons. The van der Waals surface area contributed by atoms with Gasteiger partial charge in [-0.15, -0.1) is 0 Å². The van der Waals surface area contributed by atoms with Gasteiger partial charge in [-0.2, -0.15) is 0 Å². The summed E-state index contributed by atoms with van der Waals surface area (Å²) in [4.78, 5) is 25.7. The van der Waals surface area contributed by atoms with Gasteiger partial charge in [0.05, 0.1) is 25.8 Å². The lowest BCUT2D eigenvalue weighted by Crippen LogP contribution is -2.32. The highest BCUT2D eigenvalue weighted by atomic mass is 16.5. The number of rotatable bonds is 7. The molecule has 0 saturated carbocycles. The van der Waals surface area contributed by atoms with Crippen LogP contribution in [0.15, 0.2) is 53.1 Å². The van der Waals surface area contributed by atoms with Gasteiger partial charge in [-0.05, 0) is 31.2 Å². The van der Waals surface area contributed by atoms with Gasteiger partial charge in [-0.1, -0.05) is 18.2 Å². The van der Waals surface area contributed by atoms with E-state index in [0.29, 0.717) is 24.5 Å². The Morgan fingerprint density at radius 3 is 2.55 bits per heavy atom. The number of furan rings is 1. The van der Waals surface area contributed by atoms with Crippen LogP contribution >= 0.6 is 0 Å². The minimum absolute atomic E-state index is 0.138.